The maximum Gasteiger partial charge on any atom is 0.335 e. The summed E-state index contributed by atoms with van der Waals surface area (Å²) in [5, 5.41) is 102. The van der Waals surface area contributed by atoms with Crippen LogP contribution in [0, 0.1) is 10.4 Å². The van der Waals surface area contributed by atoms with Crippen LogP contribution in [0.1, 0.15) is 85.0 Å². The lowest BCUT2D eigenvalue weighted by atomic mass is 10.0. The molecule has 6 amide bonds. The standard InChI is InChI=1S/C32H58N10O17/c1-4-5-6-7-8-13-21(45)36-25(26(47)32(54)55)30(51)38-24(18(3)44)29(50)37-23(17(2)43)28(49)35-19(11-9-14-41(58)39-56)27(48)33-16-22(46)34-20(31(52)53)12-10-15-42(59)40-57/h17-20,23-26,39-40,43-44,47,58-59H,4-16H2,1-3H3,(H,33,48)(H,34,46)(H,35,49)(H,36,45)(H,37,50)(H,38,51)(H,52,53)(H,54,55)/q-2/t17-,18-,19-,20-,23-,24+,25-,26-/m1/s1. The number of rotatable bonds is 32. The first-order valence-corrected chi connectivity index (χ1v) is 18.7. The number of carbonyl (C=O) groups is 8. The number of nitrogens with zero attached hydrogens (tertiary/aromatic N) is 2. The average molecular weight is 855 g/mol. The van der Waals surface area contributed by atoms with Gasteiger partial charge in [0, 0.05) is 19.5 Å². The number of carboxylic acid groups (broad SMARTS) is 2. The molecule has 0 unspecified atom stereocenters. The third-order valence-corrected chi connectivity index (χ3v) is 8.43. The number of carbonyl (C=O) groups excluding carboxylic acids is 6. The predicted octanol–water partition coefficient (Wildman–Crippen LogP) is -4.87. The van der Waals surface area contributed by atoms with Gasteiger partial charge in [-0.2, -0.15) is 0 Å². The zero-order valence-corrected chi connectivity index (χ0v) is 32.9. The number of aliphatic hydroxyl groups is 3. The van der Waals surface area contributed by atoms with E-state index in [0.29, 0.717) is 12.8 Å². The second kappa shape index (κ2) is 29.5. The number of hydrogen-bond acceptors (Lipinski definition) is 19. The minimum atomic E-state index is -2.49. The van der Waals surface area contributed by atoms with Gasteiger partial charge in [-0.05, 0) is 46.0 Å². The monoisotopic (exact) mass is 854 g/mol. The highest BCUT2D eigenvalue weighted by Gasteiger charge is 2.38. The van der Waals surface area contributed by atoms with Gasteiger partial charge in [-0.15, -0.1) is 10.3 Å². The molecule has 0 aromatic carbocycles. The van der Waals surface area contributed by atoms with Gasteiger partial charge in [0.05, 0.1) is 18.8 Å². The van der Waals surface area contributed by atoms with Crippen molar-refractivity contribution in [2.75, 3.05) is 19.6 Å². The van der Waals surface area contributed by atoms with Gasteiger partial charge < -0.3 is 79.0 Å². The minimum absolute atomic E-state index is 0.0687. The number of unbranched alkanes of at least 4 members (excludes halogenated alkanes) is 4. The number of carboxylic acids is 2. The number of hydrazine groups is 2. The molecule has 0 aliphatic carbocycles. The average Bonchev–Trinajstić information content (AvgIpc) is 3.17. The molecule has 0 heterocycles. The predicted molar refractivity (Wildman–Crippen MR) is 199 cm³/mol. The van der Waals surface area contributed by atoms with Crippen LogP contribution < -0.4 is 43.1 Å². The van der Waals surface area contributed by atoms with Gasteiger partial charge in [-0.1, -0.05) is 32.6 Å². The summed E-state index contributed by atoms with van der Waals surface area (Å²) in [6.45, 7) is 2.49. The van der Waals surface area contributed by atoms with Crippen molar-refractivity contribution in [3.05, 3.63) is 10.4 Å². The Kier molecular flexibility index (Phi) is 27.2. The minimum Gasteiger partial charge on any atom is -0.773 e. The summed E-state index contributed by atoms with van der Waals surface area (Å²) in [6, 6.07) is -9.18. The van der Waals surface area contributed by atoms with Gasteiger partial charge in [0.25, 0.3) is 0 Å². The van der Waals surface area contributed by atoms with Crippen molar-refractivity contribution in [2.45, 2.75) is 134 Å². The lowest BCUT2D eigenvalue weighted by Crippen LogP contribution is -2.64. The molecule has 340 valence electrons. The maximum absolute atomic E-state index is 13.4. The van der Waals surface area contributed by atoms with Crippen LogP contribution in [0.15, 0.2) is 0 Å². The molecular weight excluding hydrogens is 796 g/mol. The molecule has 0 rings (SSSR count). The highest BCUT2D eigenvalue weighted by atomic mass is 16.7. The number of hydrogen-bond donors (Lipinski definition) is 15. The molecule has 0 spiro atoms. The normalized spacial score (nSPS) is 15.4. The molecule has 0 fully saturated rings. The maximum atomic E-state index is 13.4. The number of hydroxylamine groups is 2. The van der Waals surface area contributed by atoms with Crippen molar-refractivity contribution in [3.63, 3.8) is 0 Å². The van der Waals surface area contributed by atoms with E-state index in [-0.39, 0.29) is 49.0 Å². The van der Waals surface area contributed by atoms with Gasteiger partial charge in [0.15, 0.2) is 6.10 Å². The molecule has 0 saturated carbocycles. The summed E-state index contributed by atoms with van der Waals surface area (Å²) in [4.78, 5) is 101. The van der Waals surface area contributed by atoms with Crippen LogP contribution in [0.4, 0.5) is 0 Å². The summed E-state index contributed by atoms with van der Waals surface area (Å²) >= 11 is 0. The second-order valence-corrected chi connectivity index (χ2v) is 13.4. The van der Waals surface area contributed by atoms with E-state index in [1.807, 2.05) is 12.2 Å². The first-order valence-electron chi connectivity index (χ1n) is 18.7. The van der Waals surface area contributed by atoms with Crippen LogP contribution >= 0.6 is 0 Å². The molecule has 0 aliphatic heterocycles. The van der Waals surface area contributed by atoms with E-state index in [1.165, 1.54) is 0 Å². The molecule has 0 saturated heterocycles. The van der Waals surface area contributed by atoms with Crippen LogP contribution in [0.5, 0.6) is 0 Å². The molecule has 0 aliphatic rings. The first-order chi connectivity index (χ1) is 27.7. The molecule has 27 nitrogen and oxygen atoms in total. The lowest BCUT2D eigenvalue weighted by Gasteiger charge is -2.29. The SMILES string of the molecule is CCCCCCCC(=O)N[C@@H](C(=O)N[C@H](C(=O)N[C@@H](C(=O)N[C@H](CCCN(O)N[O-])C(=O)NCC(=O)N[C@H](CCCN(O)N[O-])C(=O)O)[C@@H](C)O)[C@@H](C)O)[C@@H](O)C(=O)O. The van der Waals surface area contributed by atoms with Crippen molar-refractivity contribution in [1.82, 2.24) is 53.4 Å². The van der Waals surface area contributed by atoms with E-state index in [0.717, 1.165) is 44.3 Å². The molecule has 59 heavy (non-hydrogen) atoms. The van der Waals surface area contributed by atoms with E-state index in [4.69, 9.17) is 5.21 Å². The molecule has 0 radical (unpaired) electrons. The van der Waals surface area contributed by atoms with Crippen LogP contribution in [-0.2, 0) is 38.4 Å². The van der Waals surface area contributed by atoms with Crippen LogP contribution in [0.25, 0.3) is 0 Å². The fourth-order valence-electron chi connectivity index (χ4n) is 5.17. The Labute approximate surface area is 338 Å². The van der Waals surface area contributed by atoms with E-state index >= 15 is 0 Å². The first kappa shape index (κ1) is 54.3. The van der Waals surface area contributed by atoms with Crippen molar-refractivity contribution < 1.29 is 74.3 Å². The second-order valence-electron chi connectivity index (χ2n) is 13.4. The molecule has 8 atom stereocenters. The molecule has 0 aromatic heterocycles. The fraction of sp³-hybridized carbons (Fsp3) is 0.750. The third-order valence-electron chi connectivity index (χ3n) is 8.43. The van der Waals surface area contributed by atoms with Crippen LogP contribution in [0.2, 0.25) is 0 Å². The molecule has 15 N–H and O–H groups in total. The summed E-state index contributed by atoms with van der Waals surface area (Å²) in [5.41, 5.74) is 2.30. The van der Waals surface area contributed by atoms with Crippen molar-refractivity contribution in [1.29, 1.82) is 0 Å². The number of amides is 6. The lowest BCUT2D eigenvalue weighted by molar-refractivity contribution is -0.152. The summed E-state index contributed by atoms with van der Waals surface area (Å²) in [6.07, 6.45) is -3.24. The Morgan fingerprint density at radius 3 is 1.49 bits per heavy atom. The van der Waals surface area contributed by atoms with Gasteiger partial charge in [-0.3, -0.25) is 39.2 Å². The van der Waals surface area contributed by atoms with Gasteiger partial charge in [-0.25, -0.2) is 9.59 Å². The van der Waals surface area contributed by atoms with Gasteiger partial charge >= 0.3 is 11.9 Å². The highest BCUT2D eigenvalue weighted by molar-refractivity contribution is 5.98. The Bertz CT molecular complexity index is 1360. The number of nitrogens with one attached hydrogen (secondary N) is 8. The Balaban J connectivity index is 5.96. The quantitative estimate of drug-likeness (QED) is 0.0223. The zero-order chi connectivity index (χ0) is 45.2. The summed E-state index contributed by atoms with van der Waals surface area (Å²) < 4.78 is 0. The van der Waals surface area contributed by atoms with Gasteiger partial charge in [0.1, 0.15) is 30.2 Å². The Hall–Kier alpha value is -4.68. The van der Waals surface area contributed by atoms with Crippen molar-refractivity contribution in [2.24, 2.45) is 0 Å². The topological polar surface area (TPSA) is 427 Å². The zero-order valence-electron chi connectivity index (χ0n) is 32.9. The molecule has 0 bridgehead atoms. The smallest absolute Gasteiger partial charge is 0.335 e. The van der Waals surface area contributed by atoms with E-state index in [1.54, 1.807) is 0 Å². The van der Waals surface area contributed by atoms with Gasteiger partial charge in [0.2, 0.25) is 35.4 Å². The Morgan fingerprint density at radius 1 is 0.559 bits per heavy atom. The van der Waals surface area contributed by atoms with E-state index in [2.05, 4.69) is 26.6 Å². The largest absolute Gasteiger partial charge is 0.773 e. The van der Waals surface area contributed by atoms with E-state index in [9.17, 15) is 79.5 Å². The summed E-state index contributed by atoms with van der Waals surface area (Å²) in [7, 11) is 0. The van der Waals surface area contributed by atoms with Crippen LogP contribution in [0.3, 0.4) is 0 Å². The van der Waals surface area contributed by atoms with Crippen molar-refractivity contribution >= 4 is 47.4 Å². The van der Waals surface area contributed by atoms with Crippen molar-refractivity contribution in [3.8, 4) is 0 Å². The molecule has 27 heteroatoms. The fourth-order valence-corrected chi connectivity index (χ4v) is 5.17. The molecule has 0 aromatic rings. The highest BCUT2D eigenvalue weighted by Crippen LogP contribution is 2.08. The van der Waals surface area contributed by atoms with Crippen LogP contribution in [-0.4, -0.2) is 162 Å². The Morgan fingerprint density at radius 2 is 1.03 bits per heavy atom. The third kappa shape index (κ3) is 22.3. The van der Waals surface area contributed by atoms with E-state index < -0.39 is 109 Å². The number of aliphatic carboxylic acids is 2. The molecular formula is C32H58N10O17-2. The summed E-state index contributed by atoms with van der Waals surface area (Å²) in [5.74, 6) is -10.3. The number of aliphatic hydroxyl groups excluding tert-OH is 3.